The van der Waals surface area contributed by atoms with Crippen molar-refractivity contribution in [1.29, 1.82) is 0 Å². The molecule has 1 atom stereocenters. The molecular weight excluding hydrogens is 466 g/mol. The zero-order valence-electron chi connectivity index (χ0n) is 20.6. The number of aliphatic hydroxyl groups is 1. The summed E-state index contributed by atoms with van der Waals surface area (Å²) >= 11 is 0. The number of benzene rings is 3. The number of hydrogen-bond donors (Lipinski definition) is 2. The molecule has 1 aromatic heterocycles. The van der Waals surface area contributed by atoms with E-state index in [1.807, 2.05) is 95.8 Å². The van der Waals surface area contributed by atoms with Gasteiger partial charge in [0.25, 0.3) is 5.91 Å². The Labute approximate surface area is 215 Å². The molecule has 0 radical (unpaired) electrons. The molecule has 0 saturated carbocycles. The minimum atomic E-state index is -0.365. The van der Waals surface area contributed by atoms with Crippen molar-refractivity contribution in [1.82, 2.24) is 20.1 Å². The van der Waals surface area contributed by atoms with Gasteiger partial charge in [0.15, 0.2) is 0 Å². The summed E-state index contributed by atoms with van der Waals surface area (Å²) in [6.07, 6.45) is 2.50. The average Bonchev–Trinajstić information content (AvgIpc) is 3.59. The predicted molar refractivity (Wildman–Crippen MR) is 143 cm³/mol. The second kappa shape index (κ2) is 11.2. The Hall–Kier alpha value is -4.27. The van der Waals surface area contributed by atoms with Gasteiger partial charge in [-0.3, -0.25) is 4.79 Å². The molecule has 0 unspecified atom stereocenters. The van der Waals surface area contributed by atoms with E-state index in [2.05, 4.69) is 5.32 Å². The fourth-order valence-corrected chi connectivity index (χ4v) is 4.55. The number of carbonyl (C=O) groups is 1. The Balaban J connectivity index is 1.59. The Morgan fingerprint density at radius 2 is 1.73 bits per heavy atom. The van der Waals surface area contributed by atoms with E-state index < -0.39 is 0 Å². The van der Waals surface area contributed by atoms with Crippen molar-refractivity contribution in [3.05, 3.63) is 102 Å². The van der Waals surface area contributed by atoms with E-state index >= 15 is 0 Å². The zero-order chi connectivity index (χ0) is 25.6. The van der Waals surface area contributed by atoms with Gasteiger partial charge in [0, 0.05) is 35.9 Å². The van der Waals surface area contributed by atoms with Gasteiger partial charge >= 0.3 is 0 Å². The maximum absolute atomic E-state index is 13.4. The van der Waals surface area contributed by atoms with Crippen LogP contribution in [0.1, 0.15) is 23.6 Å². The van der Waals surface area contributed by atoms with E-state index in [-0.39, 0.29) is 25.1 Å². The monoisotopic (exact) mass is 495 g/mol. The third-order valence-corrected chi connectivity index (χ3v) is 6.32. The summed E-state index contributed by atoms with van der Waals surface area (Å²) in [5.41, 5.74) is 5.21. The number of para-hydroxylation sites is 2. The van der Waals surface area contributed by atoms with Crippen molar-refractivity contribution < 1.29 is 14.6 Å². The maximum atomic E-state index is 13.4. The normalized spacial score (nSPS) is 15.0. The topological polar surface area (TPSA) is 92.0 Å². The van der Waals surface area contributed by atoms with Crippen LogP contribution in [-0.2, 0) is 4.79 Å². The molecule has 8 heteroatoms. The third kappa shape index (κ3) is 5.16. The SMILES string of the molecule is COc1ccccc1C1=NN(C(=O)CNCCO)[C@H](c2cn(-c3ccccc3)nc2-c2ccccc2)C1. The van der Waals surface area contributed by atoms with Crippen LogP contribution in [0.5, 0.6) is 5.75 Å². The van der Waals surface area contributed by atoms with E-state index in [0.29, 0.717) is 18.7 Å². The third-order valence-electron chi connectivity index (χ3n) is 6.32. The standard InChI is InChI=1S/C29H29N5O3/c1-37-27-15-9-8-14-23(27)25-18-26(34(31-25)28(36)19-30-16-17-35)24-20-33(22-12-6-3-7-13-22)32-29(24)21-10-4-2-5-11-21/h2-15,20,26,30,35H,16-19H2,1H3/t26-/m0/s1. The first-order valence-electron chi connectivity index (χ1n) is 12.2. The molecule has 37 heavy (non-hydrogen) atoms. The number of hydrogen-bond acceptors (Lipinski definition) is 6. The lowest BCUT2D eigenvalue weighted by atomic mass is 9.96. The van der Waals surface area contributed by atoms with Gasteiger partial charge in [-0.25, -0.2) is 9.69 Å². The molecular formula is C29H29N5O3. The van der Waals surface area contributed by atoms with Crippen LogP contribution in [0.2, 0.25) is 0 Å². The fourth-order valence-electron chi connectivity index (χ4n) is 4.55. The number of aromatic nitrogens is 2. The molecule has 3 aromatic carbocycles. The Morgan fingerprint density at radius 3 is 2.46 bits per heavy atom. The number of methoxy groups -OCH3 is 1. The Morgan fingerprint density at radius 1 is 1.03 bits per heavy atom. The number of aliphatic hydroxyl groups excluding tert-OH is 1. The molecule has 0 saturated heterocycles. The number of hydrazone groups is 1. The lowest BCUT2D eigenvalue weighted by Crippen LogP contribution is -2.36. The van der Waals surface area contributed by atoms with Gasteiger partial charge < -0.3 is 15.2 Å². The Kier molecular flexibility index (Phi) is 7.39. The molecule has 4 aromatic rings. The quantitative estimate of drug-likeness (QED) is 0.345. The average molecular weight is 496 g/mol. The van der Waals surface area contributed by atoms with Crippen LogP contribution in [0.3, 0.4) is 0 Å². The molecule has 0 spiro atoms. The van der Waals surface area contributed by atoms with Crippen LogP contribution in [0.4, 0.5) is 0 Å². The number of carbonyl (C=O) groups excluding carboxylic acids is 1. The van der Waals surface area contributed by atoms with Gasteiger partial charge in [0.05, 0.1) is 43.4 Å². The van der Waals surface area contributed by atoms with Crippen molar-refractivity contribution in [2.24, 2.45) is 5.10 Å². The van der Waals surface area contributed by atoms with Crippen LogP contribution in [0.25, 0.3) is 16.9 Å². The molecule has 188 valence electrons. The van der Waals surface area contributed by atoms with Crippen molar-refractivity contribution in [2.45, 2.75) is 12.5 Å². The second-order valence-corrected chi connectivity index (χ2v) is 8.68. The van der Waals surface area contributed by atoms with E-state index in [4.69, 9.17) is 20.0 Å². The highest BCUT2D eigenvalue weighted by atomic mass is 16.5. The summed E-state index contributed by atoms with van der Waals surface area (Å²) in [6.45, 7) is 0.343. The van der Waals surface area contributed by atoms with Crippen LogP contribution in [-0.4, -0.2) is 58.3 Å². The Bertz CT molecular complexity index is 1390. The molecule has 2 N–H and O–H groups in total. The number of nitrogens with one attached hydrogen (secondary N) is 1. The highest BCUT2D eigenvalue weighted by molar-refractivity contribution is 6.05. The fraction of sp³-hybridized carbons (Fsp3) is 0.207. The molecule has 0 bridgehead atoms. The number of amides is 1. The highest BCUT2D eigenvalue weighted by Crippen LogP contribution is 2.39. The van der Waals surface area contributed by atoms with Crippen molar-refractivity contribution in [3.8, 4) is 22.7 Å². The lowest BCUT2D eigenvalue weighted by Gasteiger charge is -2.22. The molecule has 0 aliphatic carbocycles. The molecule has 1 aliphatic rings. The van der Waals surface area contributed by atoms with Gasteiger partial charge in [-0.2, -0.15) is 10.2 Å². The molecule has 1 amide bonds. The first-order chi connectivity index (χ1) is 18.2. The van der Waals surface area contributed by atoms with E-state index in [1.54, 1.807) is 12.1 Å². The van der Waals surface area contributed by atoms with Crippen molar-refractivity contribution >= 4 is 11.6 Å². The summed E-state index contributed by atoms with van der Waals surface area (Å²) in [4.78, 5) is 13.4. The molecule has 8 nitrogen and oxygen atoms in total. The number of nitrogens with zero attached hydrogens (tertiary/aromatic N) is 4. The molecule has 2 heterocycles. The lowest BCUT2D eigenvalue weighted by molar-refractivity contribution is -0.132. The van der Waals surface area contributed by atoms with Crippen LogP contribution < -0.4 is 10.1 Å². The smallest absolute Gasteiger partial charge is 0.257 e. The van der Waals surface area contributed by atoms with Crippen molar-refractivity contribution in [3.63, 3.8) is 0 Å². The van der Waals surface area contributed by atoms with Gasteiger partial charge in [0.1, 0.15) is 5.75 Å². The van der Waals surface area contributed by atoms with Crippen LogP contribution in [0.15, 0.2) is 96.2 Å². The first-order valence-corrected chi connectivity index (χ1v) is 12.2. The summed E-state index contributed by atoms with van der Waals surface area (Å²) in [6, 6.07) is 27.2. The zero-order valence-corrected chi connectivity index (χ0v) is 20.6. The van der Waals surface area contributed by atoms with Gasteiger partial charge in [-0.15, -0.1) is 0 Å². The van der Waals surface area contributed by atoms with Crippen molar-refractivity contribution in [2.75, 3.05) is 26.8 Å². The molecule has 5 rings (SSSR count). The minimum absolute atomic E-state index is 0.0472. The second-order valence-electron chi connectivity index (χ2n) is 8.68. The van der Waals surface area contributed by atoms with E-state index in [0.717, 1.165) is 33.8 Å². The van der Waals surface area contributed by atoms with E-state index in [1.165, 1.54) is 0 Å². The van der Waals surface area contributed by atoms with Gasteiger partial charge in [-0.05, 0) is 24.3 Å². The number of ether oxygens (including phenoxy) is 1. The molecule has 1 aliphatic heterocycles. The maximum Gasteiger partial charge on any atom is 0.257 e. The predicted octanol–water partition coefficient (Wildman–Crippen LogP) is 3.81. The first kappa shape index (κ1) is 24.4. The minimum Gasteiger partial charge on any atom is -0.496 e. The summed E-state index contributed by atoms with van der Waals surface area (Å²) in [5.74, 6) is 0.519. The van der Waals surface area contributed by atoms with Gasteiger partial charge in [0.2, 0.25) is 0 Å². The summed E-state index contributed by atoms with van der Waals surface area (Å²) in [5, 5.41) is 23.4. The number of rotatable bonds is 9. The summed E-state index contributed by atoms with van der Waals surface area (Å²) in [7, 11) is 1.63. The largest absolute Gasteiger partial charge is 0.496 e. The highest BCUT2D eigenvalue weighted by Gasteiger charge is 2.36. The van der Waals surface area contributed by atoms with Crippen LogP contribution in [0, 0.1) is 0 Å². The van der Waals surface area contributed by atoms with Crippen LogP contribution >= 0.6 is 0 Å². The van der Waals surface area contributed by atoms with Gasteiger partial charge in [-0.1, -0.05) is 60.7 Å². The summed E-state index contributed by atoms with van der Waals surface area (Å²) < 4.78 is 7.44. The van der Waals surface area contributed by atoms with E-state index in [9.17, 15) is 4.79 Å². The molecule has 0 fully saturated rings.